The van der Waals surface area contributed by atoms with Gasteiger partial charge in [-0.05, 0) is 56.3 Å². The smallest absolute Gasteiger partial charge is 0.354 e. The van der Waals surface area contributed by atoms with Gasteiger partial charge in [-0.2, -0.15) is 0 Å². The molecule has 5 nitrogen and oxygen atoms in total. The molecular weight excluding hydrogens is 318 g/mol. The Morgan fingerprint density at radius 1 is 1.04 bits per heavy atom. The summed E-state index contributed by atoms with van der Waals surface area (Å²) in [5.41, 5.74) is -0.0134. The van der Waals surface area contributed by atoms with Crippen LogP contribution in [0.2, 0.25) is 0 Å². The van der Waals surface area contributed by atoms with Crippen LogP contribution in [0.1, 0.15) is 52.4 Å². The highest BCUT2D eigenvalue weighted by Gasteiger charge is 2.52. The van der Waals surface area contributed by atoms with Crippen molar-refractivity contribution in [1.29, 1.82) is 0 Å². The molecule has 1 heterocycles. The summed E-state index contributed by atoms with van der Waals surface area (Å²) in [6.07, 6.45) is 7.46. The molecule has 5 fully saturated rings. The molecule has 2 unspecified atom stereocenters. The minimum Gasteiger partial charge on any atom is -0.460 e. The maximum Gasteiger partial charge on any atom is 0.354 e. The molecule has 1 aliphatic heterocycles. The van der Waals surface area contributed by atoms with Gasteiger partial charge in [0.05, 0.1) is 6.61 Å². The molecule has 5 rings (SSSR count). The monoisotopic (exact) mass is 345 g/mol. The molecule has 4 saturated carbocycles. The van der Waals surface area contributed by atoms with Crippen LogP contribution in [0, 0.1) is 35.0 Å². The molecule has 0 radical (unpaired) electrons. The van der Waals surface area contributed by atoms with E-state index in [4.69, 9.17) is 4.74 Å². The molecule has 136 valence electrons. The van der Waals surface area contributed by atoms with Gasteiger partial charge < -0.3 is 4.74 Å². The first kappa shape index (κ1) is 16.8. The van der Waals surface area contributed by atoms with Crippen LogP contribution in [0.4, 0.5) is 0 Å². The molecule has 0 aromatic heterocycles. The third-order valence-corrected chi connectivity index (χ3v) is 7.15. The average Bonchev–Trinajstić information content (AvgIpc) is 2.74. The van der Waals surface area contributed by atoms with Crippen LogP contribution < -0.4 is 0 Å². The Kier molecular flexibility index (Phi) is 3.82. The van der Waals surface area contributed by atoms with Crippen molar-refractivity contribution < 1.29 is 19.1 Å². The lowest BCUT2D eigenvalue weighted by Crippen LogP contribution is -2.48. The van der Waals surface area contributed by atoms with Crippen LogP contribution in [-0.2, 0) is 19.1 Å². The summed E-state index contributed by atoms with van der Waals surface area (Å²) < 4.78 is 5.58. The first-order chi connectivity index (χ1) is 11.8. The summed E-state index contributed by atoms with van der Waals surface area (Å²) in [4.78, 5) is 37.9. The number of hydrogen-bond acceptors (Lipinski definition) is 4. The first-order valence-corrected chi connectivity index (χ1v) is 9.53. The van der Waals surface area contributed by atoms with E-state index in [1.165, 1.54) is 19.3 Å². The van der Waals surface area contributed by atoms with Crippen LogP contribution in [0.5, 0.6) is 0 Å². The van der Waals surface area contributed by atoms with Crippen molar-refractivity contribution in [1.82, 2.24) is 4.90 Å². The molecule has 0 N–H and O–H groups in total. The Morgan fingerprint density at radius 2 is 1.48 bits per heavy atom. The van der Waals surface area contributed by atoms with Gasteiger partial charge in [-0.1, -0.05) is 20.4 Å². The van der Waals surface area contributed by atoms with Gasteiger partial charge >= 0.3 is 5.97 Å². The lowest BCUT2D eigenvalue weighted by Gasteiger charge is -2.56. The summed E-state index contributed by atoms with van der Waals surface area (Å²) in [5.74, 6) is 0.201. The maximum atomic E-state index is 12.5. The van der Waals surface area contributed by atoms with Gasteiger partial charge in [-0.25, -0.2) is 9.69 Å². The zero-order valence-corrected chi connectivity index (χ0v) is 15.1. The molecule has 0 aromatic rings. The molecule has 0 spiro atoms. The van der Waals surface area contributed by atoms with Crippen LogP contribution in [0.15, 0.2) is 12.3 Å². The van der Waals surface area contributed by atoms with Gasteiger partial charge in [0.1, 0.15) is 5.70 Å². The maximum absolute atomic E-state index is 12.5. The second-order valence-corrected chi connectivity index (χ2v) is 9.03. The fraction of sp³-hybridized carbons (Fsp3) is 0.750. The van der Waals surface area contributed by atoms with Gasteiger partial charge in [0.25, 0.3) is 0 Å². The highest BCUT2D eigenvalue weighted by Crippen LogP contribution is 2.60. The van der Waals surface area contributed by atoms with E-state index in [-0.39, 0.29) is 22.9 Å². The Bertz CT molecular complexity index is 597. The van der Waals surface area contributed by atoms with E-state index in [0.717, 1.165) is 41.9 Å². The SMILES string of the molecule is C=C(C(=O)OCC12CC3CC(CC(C3)C1)C2)N1C(=O)C(C)C(C)C1=O. The quantitative estimate of drug-likeness (QED) is 0.446. The highest BCUT2D eigenvalue weighted by atomic mass is 16.5. The van der Waals surface area contributed by atoms with Gasteiger partial charge in [-0.3, -0.25) is 9.59 Å². The largest absolute Gasteiger partial charge is 0.460 e. The molecule has 4 aliphatic carbocycles. The summed E-state index contributed by atoms with van der Waals surface area (Å²) >= 11 is 0. The van der Waals surface area contributed by atoms with Crippen molar-refractivity contribution in [3.63, 3.8) is 0 Å². The second-order valence-electron chi connectivity index (χ2n) is 9.03. The van der Waals surface area contributed by atoms with Gasteiger partial charge in [0.15, 0.2) is 0 Å². The van der Waals surface area contributed by atoms with Crippen LogP contribution >= 0.6 is 0 Å². The molecular formula is C20H27NO4. The topological polar surface area (TPSA) is 63.7 Å². The summed E-state index contributed by atoms with van der Waals surface area (Å²) in [5, 5.41) is 0. The standard InChI is InChI=1S/C20H27NO4/c1-11-12(2)18(23)21(17(11)22)13(3)19(24)25-10-20-7-14-4-15(8-20)6-16(5-14)9-20/h11-12,14-16H,3-10H2,1-2H3. The van der Waals surface area contributed by atoms with Crippen molar-refractivity contribution in [3.8, 4) is 0 Å². The molecule has 5 heteroatoms. The molecule has 1 saturated heterocycles. The predicted molar refractivity (Wildman–Crippen MR) is 90.9 cm³/mol. The number of amides is 2. The van der Waals surface area contributed by atoms with Crippen molar-refractivity contribution in [2.75, 3.05) is 6.61 Å². The Balaban J connectivity index is 1.40. The number of nitrogens with zero attached hydrogens (tertiary/aromatic N) is 1. The lowest BCUT2D eigenvalue weighted by molar-refractivity contribution is -0.156. The number of esters is 1. The fourth-order valence-corrected chi connectivity index (χ4v) is 6.07. The van der Waals surface area contributed by atoms with Gasteiger partial charge in [0, 0.05) is 17.3 Å². The lowest BCUT2D eigenvalue weighted by atomic mass is 9.50. The number of carbonyl (C=O) groups is 3. The zero-order valence-electron chi connectivity index (χ0n) is 15.1. The Morgan fingerprint density at radius 3 is 1.92 bits per heavy atom. The van der Waals surface area contributed by atoms with E-state index in [1.807, 2.05) is 0 Å². The highest BCUT2D eigenvalue weighted by molar-refractivity contribution is 6.11. The van der Waals surface area contributed by atoms with E-state index >= 15 is 0 Å². The second kappa shape index (κ2) is 5.68. The van der Waals surface area contributed by atoms with Crippen molar-refractivity contribution in [2.24, 2.45) is 35.0 Å². The summed E-state index contributed by atoms with van der Waals surface area (Å²) in [6.45, 7) is 7.49. The summed E-state index contributed by atoms with van der Waals surface area (Å²) in [7, 11) is 0. The number of rotatable bonds is 4. The van der Waals surface area contributed by atoms with Crippen molar-refractivity contribution >= 4 is 17.8 Å². The number of hydrogen-bond donors (Lipinski definition) is 0. The van der Waals surface area contributed by atoms with E-state index < -0.39 is 17.8 Å². The van der Waals surface area contributed by atoms with Crippen molar-refractivity contribution in [2.45, 2.75) is 52.4 Å². The van der Waals surface area contributed by atoms with E-state index in [2.05, 4.69) is 6.58 Å². The van der Waals surface area contributed by atoms with E-state index in [9.17, 15) is 14.4 Å². The number of ether oxygens (including phenoxy) is 1. The van der Waals surface area contributed by atoms with Crippen LogP contribution in [-0.4, -0.2) is 29.3 Å². The fourth-order valence-electron chi connectivity index (χ4n) is 6.07. The van der Waals surface area contributed by atoms with Gasteiger partial charge in [0.2, 0.25) is 11.8 Å². The Hall–Kier alpha value is -1.65. The molecule has 5 aliphatic rings. The minimum absolute atomic E-state index is 0.115. The zero-order chi connectivity index (χ0) is 17.9. The molecule has 2 atom stereocenters. The van der Waals surface area contributed by atoms with E-state index in [0.29, 0.717) is 6.61 Å². The van der Waals surface area contributed by atoms with E-state index in [1.54, 1.807) is 13.8 Å². The number of carbonyl (C=O) groups excluding carboxylic acids is 3. The van der Waals surface area contributed by atoms with Crippen LogP contribution in [0.3, 0.4) is 0 Å². The molecule has 25 heavy (non-hydrogen) atoms. The predicted octanol–water partition coefficient (Wildman–Crippen LogP) is 2.90. The minimum atomic E-state index is -0.626. The summed E-state index contributed by atoms with van der Waals surface area (Å²) in [6, 6.07) is 0. The molecule has 0 aromatic carbocycles. The van der Waals surface area contributed by atoms with Crippen molar-refractivity contribution in [3.05, 3.63) is 12.3 Å². The Labute approximate surface area is 148 Å². The third kappa shape index (κ3) is 2.63. The van der Waals surface area contributed by atoms with Crippen LogP contribution in [0.25, 0.3) is 0 Å². The first-order valence-electron chi connectivity index (χ1n) is 9.53. The molecule has 2 amide bonds. The number of likely N-dealkylation sites (tertiary alicyclic amines) is 1. The molecule has 4 bridgehead atoms. The average molecular weight is 345 g/mol. The normalized spacial score (nSPS) is 42.2. The third-order valence-electron chi connectivity index (χ3n) is 7.15. The van der Waals surface area contributed by atoms with Gasteiger partial charge in [-0.15, -0.1) is 0 Å². The number of imide groups is 1.